The van der Waals surface area contributed by atoms with Gasteiger partial charge in [0, 0.05) is 21.3 Å². The first-order valence-electron chi connectivity index (χ1n) is 3.34. The standard InChI is InChI=1S/C8H4Br2N2/c9-5-1-3-11-8-6(10)2-4-12-7(5)8/h1-4H. The molecule has 0 N–H and O–H groups in total. The molecule has 0 saturated carbocycles. The smallest absolute Gasteiger partial charge is 0.104 e. The van der Waals surface area contributed by atoms with Crippen molar-refractivity contribution in [3.63, 3.8) is 0 Å². The van der Waals surface area contributed by atoms with Crippen molar-refractivity contribution in [3.05, 3.63) is 33.5 Å². The quantitative estimate of drug-likeness (QED) is 0.744. The zero-order valence-electron chi connectivity index (χ0n) is 5.96. The number of fused-ring (bicyclic) bond motifs is 1. The highest BCUT2D eigenvalue weighted by Crippen LogP contribution is 2.24. The molecule has 0 aromatic carbocycles. The van der Waals surface area contributed by atoms with E-state index in [0.29, 0.717) is 0 Å². The molecule has 0 saturated heterocycles. The van der Waals surface area contributed by atoms with E-state index in [4.69, 9.17) is 0 Å². The normalized spacial score (nSPS) is 10.5. The molecule has 0 aliphatic heterocycles. The van der Waals surface area contributed by atoms with E-state index < -0.39 is 0 Å². The van der Waals surface area contributed by atoms with Gasteiger partial charge in [0.05, 0.1) is 0 Å². The molecule has 0 fully saturated rings. The second-order valence-electron chi connectivity index (χ2n) is 2.28. The topological polar surface area (TPSA) is 25.8 Å². The Balaban J connectivity index is 2.94. The molecule has 0 aliphatic carbocycles. The first-order chi connectivity index (χ1) is 5.79. The number of hydrogen-bond donors (Lipinski definition) is 0. The van der Waals surface area contributed by atoms with Gasteiger partial charge < -0.3 is 0 Å². The fraction of sp³-hybridized carbons (Fsp3) is 0. The lowest BCUT2D eigenvalue weighted by Gasteiger charge is -1.99. The fourth-order valence-electron chi connectivity index (χ4n) is 0.984. The average Bonchev–Trinajstić information content (AvgIpc) is 2.07. The maximum atomic E-state index is 4.20. The third-order valence-electron chi connectivity index (χ3n) is 1.53. The summed E-state index contributed by atoms with van der Waals surface area (Å²) in [6, 6.07) is 3.75. The van der Waals surface area contributed by atoms with E-state index >= 15 is 0 Å². The fourth-order valence-corrected chi connectivity index (χ4v) is 1.80. The predicted molar refractivity (Wildman–Crippen MR) is 54.9 cm³/mol. The molecule has 2 aromatic rings. The summed E-state index contributed by atoms with van der Waals surface area (Å²) < 4.78 is 1.93. The lowest BCUT2D eigenvalue weighted by molar-refractivity contribution is 1.31. The maximum Gasteiger partial charge on any atom is 0.104 e. The van der Waals surface area contributed by atoms with Crippen LogP contribution in [-0.4, -0.2) is 9.97 Å². The van der Waals surface area contributed by atoms with Gasteiger partial charge in [-0.25, -0.2) is 0 Å². The Kier molecular flexibility index (Phi) is 2.11. The monoisotopic (exact) mass is 286 g/mol. The number of pyridine rings is 2. The number of hydrogen-bond acceptors (Lipinski definition) is 2. The summed E-state index contributed by atoms with van der Waals surface area (Å²) in [6.07, 6.45) is 3.50. The van der Waals surface area contributed by atoms with E-state index in [1.165, 1.54) is 0 Å². The van der Waals surface area contributed by atoms with Gasteiger partial charge >= 0.3 is 0 Å². The van der Waals surface area contributed by atoms with Crippen molar-refractivity contribution in [1.82, 2.24) is 9.97 Å². The van der Waals surface area contributed by atoms with Gasteiger partial charge in [-0.15, -0.1) is 0 Å². The minimum Gasteiger partial charge on any atom is -0.253 e. The highest BCUT2D eigenvalue weighted by Gasteiger charge is 2.02. The van der Waals surface area contributed by atoms with Gasteiger partial charge in [0.15, 0.2) is 0 Å². The van der Waals surface area contributed by atoms with Crippen LogP contribution in [-0.2, 0) is 0 Å². The Morgan fingerprint density at radius 3 is 1.67 bits per heavy atom. The number of rotatable bonds is 0. The van der Waals surface area contributed by atoms with Crippen molar-refractivity contribution in [1.29, 1.82) is 0 Å². The molecule has 2 nitrogen and oxygen atoms in total. The van der Waals surface area contributed by atoms with Crippen LogP contribution in [0.15, 0.2) is 33.5 Å². The Hall–Kier alpha value is -0.480. The van der Waals surface area contributed by atoms with E-state index in [2.05, 4.69) is 41.8 Å². The molecule has 0 bridgehead atoms. The molecule has 60 valence electrons. The number of aromatic nitrogens is 2. The van der Waals surface area contributed by atoms with Crippen LogP contribution in [0.3, 0.4) is 0 Å². The van der Waals surface area contributed by atoms with Gasteiger partial charge in [-0.1, -0.05) is 0 Å². The minimum absolute atomic E-state index is 0.881. The maximum absolute atomic E-state index is 4.20. The minimum atomic E-state index is 0.881. The molecule has 0 atom stereocenters. The average molecular weight is 288 g/mol. The van der Waals surface area contributed by atoms with Gasteiger partial charge in [0.25, 0.3) is 0 Å². The second-order valence-corrected chi connectivity index (χ2v) is 3.99. The third kappa shape index (κ3) is 1.25. The molecule has 2 heterocycles. The molecule has 0 unspecified atom stereocenters. The summed E-state index contributed by atoms with van der Waals surface area (Å²) in [4.78, 5) is 8.40. The largest absolute Gasteiger partial charge is 0.253 e. The summed E-state index contributed by atoms with van der Waals surface area (Å²) in [5.74, 6) is 0. The predicted octanol–water partition coefficient (Wildman–Crippen LogP) is 3.15. The first-order valence-corrected chi connectivity index (χ1v) is 4.92. The summed E-state index contributed by atoms with van der Waals surface area (Å²) in [7, 11) is 0. The Morgan fingerprint density at radius 1 is 0.833 bits per heavy atom. The van der Waals surface area contributed by atoms with Crippen molar-refractivity contribution in [3.8, 4) is 0 Å². The van der Waals surface area contributed by atoms with Crippen LogP contribution in [0.1, 0.15) is 0 Å². The molecule has 2 rings (SSSR count). The molecule has 2 aromatic heterocycles. The molecule has 0 amide bonds. The van der Waals surface area contributed by atoms with Gasteiger partial charge in [0.1, 0.15) is 11.0 Å². The summed E-state index contributed by atoms with van der Waals surface area (Å²) in [6.45, 7) is 0. The van der Waals surface area contributed by atoms with Crippen LogP contribution in [0.4, 0.5) is 0 Å². The van der Waals surface area contributed by atoms with Crippen LogP contribution < -0.4 is 0 Å². The number of nitrogens with zero attached hydrogens (tertiary/aromatic N) is 2. The van der Waals surface area contributed by atoms with Gasteiger partial charge in [-0.2, -0.15) is 0 Å². The van der Waals surface area contributed by atoms with Crippen molar-refractivity contribution in [2.45, 2.75) is 0 Å². The van der Waals surface area contributed by atoms with Gasteiger partial charge in [-0.05, 0) is 44.0 Å². The molecule has 0 spiro atoms. The molecule has 4 heteroatoms. The van der Waals surface area contributed by atoms with Crippen LogP contribution in [0.2, 0.25) is 0 Å². The van der Waals surface area contributed by atoms with Gasteiger partial charge in [-0.3, -0.25) is 9.97 Å². The van der Waals surface area contributed by atoms with Crippen LogP contribution >= 0.6 is 31.9 Å². The zero-order valence-corrected chi connectivity index (χ0v) is 9.13. The van der Waals surface area contributed by atoms with E-state index in [0.717, 1.165) is 20.0 Å². The Labute approximate surface area is 86.3 Å². The van der Waals surface area contributed by atoms with Crippen molar-refractivity contribution >= 4 is 42.9 Å². The summed E-state index contributed by atoms with van der Waals surface area (Å²) in [5, 5.41) is 0. The molecule has 0 radical (unpaired) electrons. The Bertz CT molecular complexity index is 387. The first kappa shape index (κ1) is 8.13. The highest BCUT2D eigenvalue weighted by molar-refractivity contribution is 9.11. The lowest BCUT2D eigenvalue weighted by atomic mass is 10.3. The van der Waals surface area contributed by atoms with Crippen molar-refractivity contribution in [2.24, 2.45) is 0 Å². The van der Waals surface area contributed by atoms with E-state index in [1.807, 2.05) is 12.1 Å². The van der Waals surface area contributed by atoms with Crippen molar-refractivity contribution < 1.29 is 0 Å². The number of halogens is 2. The molecule has 0 aliphatic rings. The zero-order chi connectivity index (χ0) is 8.55. The van der Waals surface area contributed by atoms with Crippen molar-refractivity contribution in [2.75, 3.05) is 0 Å². The van der Waals surface area contributed by atoms with E-state index in [-0.39, 0.29) is 0 Å². The van der Waals surface area contributed by atoms with Crippen LogP contribution in [0.5, 0.6) is 0 Å². The van der Waals surface area contributed by atoms with Gasteiger partial charge in [0.2, 0.25) is 0 Å². The third-order valence-corrected chi connectivity index (χ3v) is 2.81. The second kappa shape index (κ2) is 3.11. The highest BCUT2D eigenvalue weighted by atomic mass is 79.9. The van der Waals surface area contributed by atoms with Crippen LogP contribution in [0, 0.1) is 0 Å². The van der Waals surface area contributed by atoms with Crippen LogP contribution in [0.25, 0.3) is 11.0 Å². The summed E-state index contributed by atoms with van der Waals surface area (Å²) >= 11 is 6.82. The lowest BCUT2D eigenvalue weighted by Crippen LogP contribution is -1.83. The van der Waals surface area contributed by atoms with E-state index in [9.17, 15) is 0 Å². The molecule has 12 heavy (non-hydrogen) atoms. The molecular formula is C8H4Br2N2. The Morgan fingerprint density at radius 2 is 1.25 bits per heavy atom. The summed E-state index contributed by atoms with van der Waals surface area (Å²) in [5.41, 5.74) is 1.76. The SMILES string of the molecule is Brc1ccnc2c(Br)ccnc12. The van der Waals surface area contributed by atoms with E-state index in [1.54, 1.807) is 12.4 Å². The molecular weight excluding hydrogens is 284 g/mol.